The van der Waals surface area contributed by atoms with Crippen molar-refractivity contribution in [2.24, 2.45) is 0 Å². The van der Waals surface area contributed by atoms with E-state index in [1.54, 1.807) is 25.1 Å². The van der Waals surface area contributed by atoms with Crippen LogP contribution in [0.5, 0.6) is 0 Å². The molecule has 0 radical (unpaired) electrons. The highest BCUT2D eigenvalue weighted by Gasteiger charge is 2.22. The van der Waals surface area contributed by atoms with Gasteiger partial charge in [-0.3, -0.25) is 0 Å². The lowest BCUT2D eigenvalue weighted by atomic mass is 10.2. The van der Waals surface area contributed by atoms with Crippen LogP contribution >= 0.6 is 11.6 Å². The maximum absolute atomic E-state index is 12.6. The monoisotopic (exact) mass is 324 g/mol. The van der Waals surface area contributed by atoms with Gasteiger partial charge < -0.3 is 5.73 Å². The summed E-state index contributed by atoms with van der Waals surface area (Å²) in [6, 6.07) is 11.9. The molecule has 6 heteroatoms. The van der Waals surface area contributed by atoms with Gasteiger partial charge >= 0.3 is 0 Å². The molecule has 2 aromatic rings. The molecular weight excluding hydrogens is 308 g/mol. The fourth-order valence-electron chi connectivity index (χ4n) is 1.94. The van der Waals surface area contributed by atoms with E-state index in [1.165, 1.54) is 17.4 Å². The van der Waals surface area contributed by atoms with Gasteiger partial charge in [-0.25, -0.2) is 8.42 Å². The molecule has 0 spiro atoms. The van der Waals surface area contributed by atoms with Crippen molar-refractivity contribution in [1.29, 1.82) is 0 Å². The number of nitrogen functional groups attached to an aromatic ring is 1. The molecule has 0 saturated heterocycles. The number of nitrogens with two attached hydrogens (primary N) is 1. The third-order valence-electron chi connectivity index (χ3n) is 3.30. The van der Waals surface area contributed by atoms with Crippen LogP contribution in [0.1, 0.15) is 11.1 Å². The molecule has 2 aromatic carbocycles. The fourth-order valence-corrected chi connectivity index (χ4v) is 3.37. The largest absolute Gasteiger partial charge is 0.399 e. The molecule has 2 rings (SSSR count). The van der Waals surface area contributed by atoms with E-state index >= 15 is 0 Å². The molecule has 0 bridgehead atoms. The molecule has 0 aliphatic carbocycles. The van der Waals surface area contributed by atoms with Crippen molar-refractivity contribution in [1.82, 2.24) is 4.31 Å². The number of sulfonamides is 1. The van der Waals surface area contributed by atoms with Gasteiger partial charge in [-0.2, -0.15) is 4.31 Å². The molecule has 0 aliphatic heterocycles. The van der Waals surface area contributed by atoms with E-state index in [9.17, 15) is 8.42 Å². The maximum Gasteiger partial charge on any atom is 0.243 e. The topological polar surface area (TPSA) is 63.4 Å². The van der Waals surface area contributed by atoms with Gasteiger partial charge in [-0.05, 0) is 42.3 Å². The van der Waals surface area contributed by atoms with Crippen molar-refractivity contribution in [3.63, 3.8) is 0 Å². The quantitative estimate of drug-likeness (QED) is 0.879. The Balaban J connectivity index is 2.30. The SMILES string of the molecule is Cc1cc(S(=O)(=O)N(C)Cc2ccccc2Cl)ccc1N. The number of nitrogens with zero attached hydrogens (tertiary/aromatic N) is 1. The molecule has 0 unspecified atom stereocenters. The number of anilines is 1. The van der Waals surface area contributed by atoms with Crippen molar-refractivity contribution in [3.8, 4) is 0 Å². The summed E-state index contributed by atoms with van der Waals surface area (Å²) in [5.41, 5.74) is 7.80. The summed E-state index contributed by atoms with van der Waals surface area (Å²) in [7, 11) is -2.04. The molecule has 0 fully saturated rings. The number of halogens is 1. The number of aryl methyl sites for hydroxylation is 1. The number of rotatable bonds is 4. The predicted molar refractivity (Wildman–Crippen MR) is 85.7 cm³/mol. The maximum atomic E-state index is 12.6. The van der Waals surface area contributed by atoms with E-state index in [0.717, 1.165) is 11.1 Å². The predicted octanol–water partition coefficient (Wildman–Crippen LogP) is 3.05. The molecule has 0 heterocycles. The molecule has 2 N–H and O–H groups in total. The summed E-state index contributed by atoms with van der Waals surface area (Å²) in [5.74, 6) is 0. The van der Waals surface area contributed by atoms with Crippen LogP contribution in [0.25, 0.3) is 0 Å². The second-order valence-corrected chi connectivity index (χ2v) is 7.32. The Morgan fingerprint density at radius 2 is 1.86 bits per heavy atom. The first-order valence-electron chi connectivity index (χ1n) is 6.38. The van der Waals surface area contributed by atoms with E-state index in [2.05, 4.69) is 0 Å². The highest BCUT2D eigenvalue weighted by atomic mass is 35.5. The molecule has 112 valence electrons. The first kappa shape index (κ1) is 15.8. The van der Waals surface area contributed by atoms with Gasteiger partial charge in [0.2, 0.25) is 10.0 Å². The van der Waals surface area contributed by atoms with Gasteiger partial charge in [0.05, 0.1) is 4.90 Å². The summed E-state index contributed by atoms with van der Waals surface area (Å²) in [6.07, 6.45) is 0. The van der Waals surface area contributed by atoms with Gasteiger partial charge in [0.1, 0.15) is 0 Å². The fraction of sp³-hybridized carbons (Fsp3) is 0.200. The number of benzene rings is 2. The Kier molecular flexibility index (Phi) is 4.56. The zero-order valence-corrected chi connectivity index (χ0v) is 13.4. The van der Waals surface area contributed by atoms with Crippen molar-refractivity contribution in [2.45, 2.75) is 18.4 Å². The lowest BCUT2D eigenvalue weighted by molar-refractivity contribution is 0.467. The average Bonchev–Trinajstić information content (AvgIpc) is 2.44. The second-order valence-electron chi connectivity index (χ2n) is 4.87. The lowest BCUT2D eigenvalue weighted by Crippen LogP contribution is -2.26. The van der Waals surface area contributed by atoms with Crippen molar-refractivity contribution in [3.05, 3.63) is 58.6 Å². The molecule has 0 saturated carbocycles. The van der Waals surface area contributed by atoms with Gasteiger partial charge in [0.15, 0.2) is 0 Å². The van der Waals surface area contributed by atoms with E-state index in [0.29, 0.717) is 10.7 Å². The van der Waals surface area contributed by atoms with Crippen LogP contribution in [-0.4, -0.2) is 19.8 Å². The molecule has 0 atom stereocenters. The summed E-state index contributed by atoms with van der Waals surface area (Å²) in [4.78, 5) is 0.226. The minimum Gasteiger partial charge on any atom is -0.399 e. The molecular formula is C15H17ClN2O2S. The molecule has 21 heavy (non-hydrogen) atoms. The normalized spacial score (nSPS) is 11.8. The number of hydrogen-bond donors (Lipinski definition) is 1. The van der Waals surface area contributed by atoms with Gasteiger partial charge in [0, 0.05) is 24.3 Å². The Bertz CT molecular complexity index is 760. The Morgan fingerprint density at radius 1 is 1.19 bits per heavy atom. The van der Waals surface area contributed by atoms with Gasteiger partial charge in [-0.15, -0.1) is 0 Å². The third-order valence-corrected chi connectivity index (χ3v) is 5.47. The van der Waals surface area contributed by atoms with Crippen LogP contribution < -0.4 is 5.73 Å². The van der Waals surface area contributed by atoms with Crippen LogP contribution in [0.2, 0.25) is 5.02 Å². The van der Waals surface area contributed by atoms with Crippen molar-refractivity contribution >= 4 is 27.3 Å². The zero-order chi connectivity index (χ0) is 15.6. The van der Waals surface area contributed by atoms with Gasteiger partial charge in [-0.1, -0.05) is 29.8 Å². The smallest absolute Gasteiger partial charge is 0.243 e. The first-order valence-corrected chi connectivity index (χ1v) is 8.20. The first-order chi connectivity index (χ1) is 9.82. The third kappa shape index (κ3) is 3.37. The van der Waals surface area contributed by atoms with E-state index in [4.69, 9.17) is 17.3 Å². The summed E-state index contributed by atoms with van der Waals surface area (Å²) >= 11 is 6.07. The summed E-state index contributed by atoms with van der Waals surface area (Å²) in [5, 5.41) is 0.549. The molecule has 0 aromatic heterocycles. The molecule has 0 amide bonds. The Labute approximate surface area is 130 Å². The van der Waals surface area contributed by atoms with E-state index in [-0.39, 0.29) is 11.4 Å². The Hall–Kier alpha value is -1.56. The zero-order valence-electron chi connectivity index (χ0n) is 11.9. The van der Waals surface area contributed by atoms with Crippen LogP contribution in [0, 0.1) is 6.92 Å². The minimum absolute atomic E-state index is 0.214. The Morgan fingerprint density at radius 3 is 2.48 bits per heavy atom. The van der Waals surface area contributed by atoms with Crippen LogP contribution in [0.3, 0.4) is 0 Å². The second kappa shape index (κ2) is 6.05. The van der Waals surface area contributed by atoms with E-state index in [1.807, 2.05) is 18.2 Å². The minimum atomic E-state index is -3.57. The van der Waals surface area contributed by atoms with Crippen molar-refractivity contribution < 1.29 is 8.42 Å². The van der Waals surface area contributed by atoms with Crippen LogP contribution in [0.4, 0.5) is 5.69 Å². The molecule has 4 nitrogen and oxygen atoms in total. The highest BCUT2D eigenvalue weighted by Crippen LogP contribution is 2.23. The summed E-state index contributed by atoms with van der Waals surface area (Å²) in [6.45, 7) is 1.99. The van der Waals surface area contributed by atoms with Crippen LogP contribution in [-0.2, 0) is 16.6 Å². The van der Waals surface area contributed by atoms with Crippen molar-refractivity contribution in [2.75, 3.05) is 12.8 Å². The highest BCUT2D eigenvalue weighted by molar-refractivity contribution is 7.89. The van der Waals surface area contributed by atoms with E-state index < -0.39 is 10.0 Å². The molecule has 0 aliphatic rings. The van der Waals surface area contributed by atoms with Crippen LogP contribution in [0.15, 0.2) is 47.4 Å². The summed E-state index contributed by atoms with van der Waals surface area (Å²) < 4.78 is 26.4. The standard InChI is InChI=1S/C15H17ClN2O2S/c1-11-9-13(7-8-15(11)17)21(19,20)18(2)10-12-5-3-4-6-14(12)16/h3-9H,10,17H2,1-2H3. The average molecular weight is 325 g/mol. The number of hydrogen-bond acceptors (Lipinski definition) is 3. The lowest BCUT2D eigenvalue weighted by Gasteiger charge is -2.18. The van der Waals surface area contributed by atoms with Gasteiger partial charge in [0.25, 0.3) is 0 Å².